The molecule has 0 unspecified atom stereocenters. The summed E-state index contributed by atoms with van der Waals surface area (Å²) in [6.07, 6.45) is 0. The summed E-state index contributed by atoms with van der Waals surface area (Å²) < 4.78 is 12.5. The number of methoxy groups -OCH3 is 2. The molecule has 0 spiro atoms. The van der Waals surface area contributed by atoms with E-state index >= 15 is 0 Å². The molecule has 2 aromatic carbocycles. The van der Waals surface area contributed by atoms with Gasteiger partial charge in [-0.15, -0.1) is 0 Å². The molecule has 0 N–H and O–H groups in total. The van der Waals surface area contributed by atoms with E-state index in [1.807, 2.05) is 6.07 Å². The normalized spacial score (nSPS) is 8.27. The third-order valence-electron chi connectivity index (χ3n) is 2.66. The summed E-state index contributed by atoms with van der Waals surface area (Å²) >= 11 is 8.65. The topological polar surface area (TPSA) is 89.8 Å². The SMILES string of the molecule is CC#N.COc1cc(Br)c(C#N)cc1I.COc1ccc(C#N)c(Br)c1. The van der Waals surface area contributed by atoms with E-state index in [2.05, 4.69) is 60.5 Å². The van der Waals surface area contributed by atoms with Crippen LogP contribution in [0.3, 0.4) is 0 Å². The van der Waals surface area contributed by atoms with Crippen molar-refractivity contribution in [1.82, 2.24) is 0 Å². The van der Waals surface area contributed by atoms with E-state index < -0.39 is 0 Å². The molecule has 134 valence electrons. The third kappa shape index (κ3) is 8.05. The molecule has 0 fully saturated rings. The fourth-order valence-corrected chi connectivity index (χ4v) is 3.03. The van der Waals surface area contributed by atoms with Gasteiger partial charge in [0.15, 0.2) is 0 Å². The highest BCUT2D eigenvalue weighted by molar-refractivity contribution is 14.1. The van der Waals surface area contributed by atoms with Crippen LogP contribution in [-0.2, 0) is 0 Å². The Balaban J connectivity index is 0.000000419. The summed E-state index contributed by atoms with van der Waals surface area (Å²) in [7, 11) is 3.20. The Bertz CT molecular complexity index is 868. The van der Waals surface area contributed by atoms with Gasteiger partial charge in [-0.05, 0) is 84.8 Å². The first-order chi connectivity index (χ1) is 12.4. The fraction of sp³-hybridized carbons (Fsp3) is 0.167. The van der Waals surface area contributed by atoms with Crippen molar-refractivity contribution in [3.8, 4) is 29.7 Å². The molecule has 0 saturated heterocycles. The van der Waals surface area contributed by atoms with Crippen molar-refractivity contribution in [2.45, 2.75) is 6.92 Å². The Morgan fingerprint density at radius 3 is 1.85 bits per heavy atom. The number of rotatable bonds is 2. The van der Waals surface area contributed by atoms with Gasteiger partial charge in [-0.1, -0.05) is 0 Å². The van der Waals surface area contributed by atoms with Gasteiger partial charge < -0.3 is 9.47 Å². The van der Waals surface area contributed by atoms with Crippen molar-refractivity contribution in [2.75, 3.05) is 14.2 Å². The molecule has 8 heteroatoms. The Kier molecular flexibility index (Phi) is 12.5. The maximum absolute atomic E-state index is 8.68. The van der Waals surface area contributed by atoms with Crippen LogP contribution in [0.4, 0.5) is 0 Å². The number of benzene rings is 2. The third-order valence-corrected chi connectivity index (χ3v) is 4.81. The van der Waals surface area contributed by atoms with Crippen LogP contribution >= 0.6 is 54.5 Å². The molecule has 0 amide bonds. The monoisotopic (exact) mass is 589 g/mol. The Hall–Kier alpha value is -1.80. The molecule has 0 aliphatic heterocycles. The molecule has 2 rings (SSSR count). The summed E-state index contributed by atoms with van der Waals surface area (Å²) in [5.41, 5.74) is 1.24. The van der Waals surface area contributed by atoms with Crippen molar-refractivity contribution in [2.24, 2.45) is 0 Å². The molecule has 0 atom stereocenters. The van der Waals surface area contributed by atoms with Gasteiger partial charge in [0, 0.05) is 15.9 Å². The van der Waals surface area contributed by atoms with Gasteiger partial charge in [0.2, 0.25) is 0 Å². The number of halogens is 3. The second-order valence-corrected chi connectivity index (χ2v) is 7.13. The van der Waals surface area contributed by atoms with Crippen LogP contribution in [0.5, 0.6) is 11.5 Å². The van der Waals surface area contributed by atoms with Gasteiger partial charge in [0.1, 0.15) is 23.6 Å². The van der Waals surface area contributed by atoms with Gasteiger partial charge in [0.25, 0.3) is 0 Å². The average Bonchev–Trinajstić information content (AvgIpc) is 2.64. The molecule has 0 radical (unpaired) electrons. The predicted octanol–water partition coefficient (Wildman–Crippen LogP) is 5.79. The molecular formula is C18H14Br2IN3O2. The van der Waals surface area contributed by atoms with E-state index in [0.29, 0.717) is 11.1 Å². The number of nitrogens with zero attached hydrogens (tertiary/aromatic N) is 3. The van der Waals surface area contributed by atoms with Crippen molar-refractivity contribution in [1.29, 1.82) is 15.8 Å². The van der Waals surface area contributed by atoms with Crippen LogP contribution in [0.25, 0.3) is 0 Å². The molecule has 0 aliphatic carbocycles. The molecule has 0 heterocycles. The largest absolute Gasteiger partial charge is 0.497 e. The zero-order valence-corrected chi connectivity index (χ0v) is 19.5. The predicted molar refractivity (Wildman–Crippen MR) is 115 cm³/mol. The summed E-state index contributed by atoms with van der Waals surface area (Å²) in [5.74, 6) is 1.53. The first kappa shape index (κ1) is 24.2. The number of nitriles is 3. The molecule has 0 aromatic heterocycles. The van der Waals surface area contributed by atoms with Crippen LogP contribution in [-0.4, -0.2) is 14.2 Å². The van der Waals surface area contributed by atoms with Gasteiger partial charge >= 0.3 is 0 Å². The minimum Gasteiger partial charge on any atom is -0.497 e. The fourth-order valence-electron chi connectivity index (χ4n) is 1.48. The molecular weight excluding hydrogens is 577 g/mol. The minimum atomic E-state index is 0.616. The lowest BCUT2D eigenvalue weighted by molar-refractivity contribution is 0.411. The van der Waals surface area contributed by atoms with Crippen LogP contribution in [0.15, 0.2) is 39.3 Å². The Morgan fingerprint density at radius 1 is 0.885 bits per heavy atom. The lowest BCUT2D eigenvalue weighted by Crippen LogP contribution is -1.88. The van der Waals surface area contributed by atoms with E-state index in [1.165, 1.54) is 6.92 Å². The minimum absolute atomic E-state index is 0.616. The summed E-state index contributed by atoms with van der Waals surface area (Å²) in [5, 5.41) is 24.6. The smallest absolute Gasteiger partial charge is 0.133 e. The van der Waals surface area contributed by atoms with Crippen LogP contribution in [0, 0.1) is 37.6 Å². The second kappa shape index (κ2) is 13.4. The highest BCUT2D eigenvalue weighted by Gasteiger charge is 2.05. The molecule has 26 heavy (non-hydrogen) atoms. The quantitative estimate of drug-likeness (QED) is 0.413. The van der Waals surface area contributed by atoms with Crippen LogP contribution in [0.2, 0.25) is 0 Å². The van der Waals surface area contributed by atoms with Crippen LogP contribution in [0.1, 0.15) is 18.1 Å². The van der Waals surface area contributed by atoms with Crippen LogP contribution < -0.4 is 9.47 Å². The first-order valence-corrected chi connectivity index (χ1v) is 9.52. The second-order valence-electron chi connectivity index (χ2n) is 4.26. The zero-order valence-electron chi connectivity index (χ0n) is 14.2. The molecule has 5 nitrogen and oxygen atoms in total. The molecule has 0 saturated carbocycles. The Labute approximate surface area is 183 Å². The summed E-state index contributed by atoms with van der Waals surface area (Å²) in [6, 6.07) is 14.7. The molecule has 0 aliphatic rings. The van der Waals surface area contributed by atoms with Gasteiger partial charge in [-0.3, -0.25) is 0 Å². The van der Waals surface area contributed by atoms with Gasteiger partial charge in [-0.25, -0.2) is 0 Å². The zero-order chi connectivity index (χ0) is 20.1. The molecule has 2 aromatic rings. The first-order valence-electron chi connectivity index (χ1n) is 6.86. The van der Waals surface area contributed by atoms with Crippen molar-refractivity contribution in [3.63, 3.8) is 0 Å². The van der Waals surface area contributed by atoms with Gasteiger partial charge in [-0.2, -0.15) is 15.8 Å². The van der Waals surface area contributed by atoms with E-state index in [-0.39, 0.29) is 0 Å². The highest BCUT2D eigenvalue weighted by atomic mass is 127. The summed E-state index contributed by atoms with van der Waals surface area (Å²) in [4.78, 5) is 0. The number of hydrogen-bond acceptors (Lipinski definition) is 5. The maximum Gasteiger partial charge on any atom is 0.133 e. The standard InChI is InChI=1S/C8H5BrINO.C8H6BrNO.C2H3N/c1-12-8-3-6(9)5(4-11)2-7(8)10;1-11-7-3-2-6(5-10)8(9)4-7;1-2-3/h2-3H,1H3;2-4H,1H3;1H3. The Morgan fingerprint density at radius 2 is 1.42 bits per heavy atom. The van der Waals surface area contributed by atoms with Crippen molar-refractivity contribution >= 4 is 54.5 Å². The van der Waals surface area contributed by atoms with E-state index in [0.717, 1.165) is 24.0 Å². The van der Waals surface area contributed by atoms with Gasteiger partial charge in [0.05, 0.1) is 35.0 Å². The van der Waals surface area contributed by atoms with E-state index in [9.17, 15) is 0 Å². The number of ether oxygens (including phenoxy) is 2. The maximum atomic E-state index is 8.68. The molecule has 0 bridgehead atoms. The van der Waals surface area contributed by atoms with E-state index in [4.69, 9.17) is 25.3 Å². The van der Waals surface area contributed by atoms with E-state index in [1.54, 1.807) is 50.6 Å². The number of hydrogen-bond donors (Lipinski definition) is 0. The van der Waals surface area contributed by atoms with Crippen molar-refractivity contribution in [3.05, 3.63) is 54.0 Å². The lowest BCUT2D eigenvalue weighted by Gasteiger charge is -2.04. The average molecular weight is 591 g/mol. The van der Waals surface area contributed by atoms with Crippen molar-refractivity contribution < 1.29 is 9.47 Å². The highest BCUT2D eigenvalue weighted by Crippen LogP contribution is 2.28. The summed E-state index contributed by atoms with van der Waals surface area (Å²) in [6.45, 7) is 1.43. The lowest BCUT2D eigenvalue weighted by atomic mass is 10.2.